The van der Waals surface area contributed by atoms with Crippen molar-refractivity contribution in [1.29, 1.82) is 0 Å². The van der Waals surface area contributed by atoms with E-state index in [0.717, 1.165) is 22.8 Å². The van der Waals surface area contributed by atoms with Gasteiger partial charge < -0.3 is 0 Å². The Labute approximate surface area is 99.1 Å². The number of pyridine rings is 1. The van der Waals surface area contributed by atoms with E-state index in [-0.39, 0.29) is 0 Å². The monoisotopic (exact) mass is 234 g/mol. The van der Waals surface area contributed by atoms with E-state index in [1.54, 1.807) is 0 Å². The highest BCUT2D eigenvalue weighted by molar-refractivity contribution is 7.71. The largest absolute Gasteiger partial charge is 0.282 e. The number of rotatable bonds is 2. The van der Waals surface area contributed by atoms with Crippen LogP contribution in [-0.4, -0.2) is 20.2 Å². The summed E-state index contributed by atoms with van der Waals surface area (Å²) in [4.78, 5) is 8.73. The first-order valence-corrected chi connectivity index (χ1v) is 5.61. The first-order valence-electron chi connectivity index (χ1n) is 5.20. The van der Waals surface area contributed by atoms with Gasteiger partial charge in [0.15, 0.2) is 5.82 Å². The molecule has 2 aromatic rings. The van der Waals surface area contributed by atoms with E-state index in [9.17, 15) is 0 Å². The second-order valence-electron chi connectivity index (χ2n) is 4.04. The van der Waals surface area contributed by atoms with Crippen molar-refractivity contribution in [1.82, 2.24) is 20.2 Å². The zero-order valence-electron chi connectivity index (χ0n) is 9.53. The van der Waals surface area contributed by atoms with E-state index in [4.69, 9.17) is 12.2 Å². The van der Waals surface area contributed by atoms with E-state index in [1.807, 2.05) is 19.1 Å². The van der Waals surface area contributed by atoms with Crippen LogP contribution in [0.5, 0.6) is 0 Å². The Morgan fingerprint density at radius 2 is 1.94 bits per heavy atom. The number of nitrogens with one attached hydrogen (secondary N) is 2. The van der Waals surface area contributed by atoms with Gasteiger partial charge in [0.05, 0.1) is 0 Å². The van der Waals surface area contributed by atoms with E-state index in [0.29, 0.717) is 10.7 Å². The maximum atomic E-state index is 4.93. The smallest absolute Gasteiger partial charge is 0.213 e. The van der Waals surface area contributed by atoms with Gasteiger partial charge >= 0.3 is 0 Å². The minimum Gasteiger partial charge on any atom is -0.282 e. The van der Waals surface area contributed by atoms with Crippen molar-refractivity contribution in [3.05, 3.63) is 28.3 Å². The number of hydrogen-bond acceptors (Lipinski definition) is 3. The molecule has 0 unspecified atom stereocenters. The van der Waals surface area contributed by atoms with Crippen LogP contribution >= 0.6 is 12.2 Å². The topological polar surface area (TPSA) is 57.4 Å². The highest BCUT2D eigenvalue weighted by Gasteiger charge is 2.08. The van der Waals surface area contributed by atoms with Gasteiger partial charge in [0, 0.05) is 17.0 Å². The predicted molar refractivity (Wildman–Crippen MR) is 65.8 cm³/mol. The Kier molecular flexibility index (Phi) is 2.87. The number of H-pyrrole nitrogens is 2. The molecule has 0 saturated carbocycles. The molecule has 5 heteroatoms. The first-order chi connectivity index (χ1) is 7.58. The van der Waals surface area contributed by atoms with Gasteiger partial charge in [-0.25, -0.2) is 0 Å². The van der Waals surface area contributed by atoms with Gasteiger partial charge in [0.1, 0.15) is 0 Å². The second kappa shape index (κ2) is 4.17. The zero-order valence-corrected chi connectivity index (χ0v) is 10.4. The molecule has 0 saturated heterocycles. The molecule has 0 aliphatic heterocycles. The molecule has 0 bridgehead atoms. The Balaban J connectivity index is 2.47. The van der Waals surface area contributed by atoms with Crippen LogP contribution in [0, 0.1) is 11.7 Å². The average molecular weight is 234 g/mol. The molecule has 0 aromatic carbocycles. The molecular weight excluding hydrogens is 220 g/mol. The minimum absolute atomic E-state index is 0.436. The van der Waals surface area contributed by atoms with Crippen LogP contribution in [0.25, 0.3) is 11.4 Å². The van der Waals surface area contributed by atoms with Crippen LogP contribution in [0.2, 0.25) is 0 Å². The lowest BCUT2D eigenvalue weighted by Crippen LogP contribution is -1.97. The number of aryl methyl sites for hydroxylation is 1. The third kappa shape index (κ3) is 2.04. The van der Waals surface area contributed by atoms with Crippen LogP contribution in [0.4, 0.5) is 0 Å². The standard InChI is InChI=1S/C11H14N4S/c1-6(2)9-5-4-8(7(3)12-9)10-13-11(16)15-14-10/h4-6H,1-3H3,(H2,13,14,15,16). The molecule has 2 rings (SSSR count). The molecule has 0 atom stereocenters. The van der Waals surface area contributed by atoms with Crippen molar-refractivity contribution in [3.63, 3.8) is 0 Å². The Morgan fingerprint density at radius 1 is 1.19 bits per heavy atom. The van der Waals surface area contributed by atoms with Gasteiger partial charge in [-0.15, -0.1) is 0 Å². The quantitative estimate of drug-likeness (QED) is 0.785. The summed E-state index contributed by atoms with van der Waals surface area (Å²) in [7, 11) is 0. The number of aromatic amines is 2. The van der Waals surface area contributed by atoms with Crippen LogP contribution in [0.15, 0.2) is 12.1 Å². The van der Waals surface area contributed by atoms with Crippen molar-refractivity contribution in [3.8, 4) is 11.4 Å². The number of aromatic nitrogens is 4. The van der Waals surface area contributed by atoms with Crippen LogP contribution in [0.3, 0.4) is 0 Å². The van der Waals surface area contributed by atoms with Crippen molar-refractivity contribution in [2.24, 2.45) is 0 Å². The molecular formula is C11H14N4S. The lowest BCUT2D eigenvalue weighted by molar-refractivity contribution is 0.815. The Bertz CT molecular complexity index is 553. The molecule has 0 aliphatic carbocycles. The van der Waals surface area contributed by atoms with E-state index < -0.39 is 0 Å². The fourth-order valence-corrected chi connectivity index (χ4v) is 1.69. The van der Waals surface area contributed by atoms with Crippen LogP contribution in [0.1, 0.15) is 31.2 Å². The van der Waals surface area contributed by atoms with E-state index in [1.165, 1.54) is 0 Å². The van der Waals surface area contributed by atoms with E-state index >= 15 is 0 Å². The summed E-state index contributed by atoms with van der Waals surface area (Å²) in [6.45, 7) is 6.24. The number of hydrogen-bond donors (Lipinski definition) is 2. The molecule has 0 fully saturated rings. The molecule has 16 heavy (non-hydrogen) atoms. The minimum atomic E-state index is 0.436. The summed E-state index contributed by atoms with van der Waals surface area (Å²) < 4.78 is 0.460. The maximum absolute atomic E-state index is 4.93. The molecule has 0 amide bonds. The third-order valence-electron chi connectivity index (χ3n) is 2.46. The maximum Gasteiger partial charge on any atom is 0.213 e. The van der Waals surface area contributed by atoms with Crippen molar-refractivity contribution >= 4 is 12.2 Å². The highest BCUT2D eigenvalue weighted by Crippen LogP contribution is 2.20. The summed E-state index contributed by atoms with van der Waals surface area (Å²) in [5, 5.41) is 5.71. The molecule has 2 heterocycles. The van der Waals surface area contributed by atoms with Crippen LogP contribution in [-0.2, 0) is 0 Å². The van der Waals surface area contributed by atoms with Crippen molar-refractivity contribution in [2.45, 2.75) is 26.7 Å². The van der Waals surface area contributed by atoms with Gasteiger partial charge in [0.25, 0.3) is 0 Å². The van der Waals surface area contributed by atoms with Crippen molar-refractivity contribution in [2.75, 3.05) is 0 Å². The lowest BCUT2D eigenvalue weighted by Gasteiger charge is -2.07. The fraction of sp³-hybridized carbons (Fsp3) is 0.364. The molecule has 2 aromatic heterocycles. The molecule has 0 aliphatic rings. The summed E-state index contributed by atoms with van der Waals surface area (Å²) in [6.07, 6.45) is 0. The van der Waals surface area contributed by atoms with Gasteiger partial charge in [0.2, 0.25) is 4.77 Å². The van der Waals surface area contributed by atoms with Gasteiger partial charge in [-0.3, -0.25) is 15.2 Å². The summed E-state index contributed by atoms with van der Waals surface area (Å²) in [5.41, 5.74) is 3.04. The molecule has 4 nitrogen and oxygen atoms in total. The van der Waals surface area contributed by atoms with Gasteiger partial charge in [-0.1, -0.05) is 13.8 Å². The normalized spacial score (nSPS) is 11.0. The van der Waals surface area contributed by atoms with Crippen LogP contribution < -0.4 is 0 Å². The first kappa shape index (κ1) is 11.0. The summed E-state index contributed by atoms with van der Waals surface area (Å²) >= 11 is 4.93. The zero-order chi connectivity index (χ0) is 11.7. The third-order valence-corrected chi connectivity index (χ3v) is 2.65. The molecule has 2 N–H and O–H groups in total. The SMILES string of the molecule is Cc1nc(C(C)C)ccc1-c1nc(=S)[nH][nH]1. The average Bonchev–Trinajstić information content (AvgIpc) is 2.64. The Hall–Kier alpha value is -1.49. The summed E-state index contributed by atoms with van der Waals surface area (Å²) in [6, 6.07) is 4.05. The van der Waals surface area contributed by atoms with Gasteiger partial charge in [-0.2, -0.15) is 4.98 Å². The second-order valence-corrected chi connectivity index (χ2v) is 4.43. The fourth-order valence-electron chi connectivity index (χ4n) is 1.55. The molecule has 84 valence electrons. The highest BCUT2D eigenvalue weighted by atomic mass is 32.1. The van der Waals surface area contributed by atoms with Gasteiger partial charge in [-0.05, 0) is 37.2 Å². The molecule has 0 radical (unpaired) electrons. The Morgan fingerprint density at radius 3 is 2.44 bits per heavy atom. The lowest BCUT2D eigenvalue weighted by atomic mass is 10.1. The van der Waals surface area contributed by atoms with Crippen molar-refractivity contribution < 1.29 is 0 Å². The van der Waals surface area contributed by atoms with E-state index in [2.05, 4.69) is 34.0 Å². The molecule has 0 spiro atoms. The number of nitrogens with zero attached hydrogens (tertiary/aromatic N) is 2. The predicted octanol–water partition coefficient (Wildman–Crippen LogP) is 2.96. The summed E-state index contributed by atoms with van der Waals surface area (Å²) in [5.74, 6) is 1.18.